The average Bonchev–Trinajstić information content (AvgIpc) is 2.53. The predicted molar refractivity (Wildman–Crippen MR) is 83.3 cm³/mol. The molecule has 0 spiro atoms. The number of carbonyl (C=O) groups is 1. The standard InChI is InChI=1S/C18H15NO2/c1-12-17(4-3-9-19-12)15-7-5-14-11-16(18(20)21-2)8-6-13(14)10-15/h3-11H,1-2H3. The second-order valence-corrected chi connectivity index (χ2v) is 4.90. The van der Waals surface area contributed by atoms with Gasteiger partial charge in [-0.3, -0.25) is 4.98 Å². The van der Waals surface area contributed by atoms with Gasteiger partial charge in [0.1, 0.15) is 0 Å². The molecule has 0 amide bonds. The fourth-order valence-corrected chi connectivity index (χ4v) is 2.45. The van der Waals surface area contributed by atoms with Crippen LogP contribution in [0, 0.1) is 6.92 Å². The maximum Gasteiger partial charge on any atom is 0.337 e. The first-order chi connectivity index (χ1) is 10.2. The summed E-state index contributed by atoms with van der Waals surface area (Å²) in [6.45, 7) is 2.00. The molecule has 0 aliphatic carbocycles. The summed E-state index contributed by atoms with van der Waals surface area (Å²) in [4.78, 5) is 15.9. The van der Waals surface area contributed by atoms with Crippen molar-refractivity contribution in [3.05, 3.63) is 66.0 Å². The zero-order chi connectivity index (χ0) is 14.8. The number of ether oxygens (including phenoxy) is 1. The van der Waals surface area contributed by atoms with Gasteiger partial charge in [-0.15, -0.1) is 0 Å². The molecule has 0 fully saturated rings. The van der Waals surface area contributed by atoms with Crippen molar-refractivity contribution in [1.29, 1.82) is 0 Å². The number of hydrogen-bond donors (Lipinski definition) is 0. The van der Waals surface area contributed by atoms with Crippen LogP contribution in [0.25, 0.3) is 21.9 Å². The van der Waals surface area contributed by atoms with E-state index in [9.17, 15) is 4.79 Å². The minimum absolute atomic E-state index is 0.316. The maximum atomic E-state index is 11.6. The van der Waals surface area contributed by atoms with Gasteiger partial charge < -0.3 is 4.74 Å². The van der Waals surface area contributed by atoms with E-state index >= 15 is 0 Å². The van der Waals surface area contributed by atoms with Crippen LogP contribution in [0.1, 0.15) is 16.1 Å². The van der Waals surface area contributed by atoms with E-state index in [4.69, 9.17) is 4.74 Å². The normalized spacial score (nSPS) is 10.6. The molecule has 0 radical (unpaired) electrons. The molecule has 3 nitrogen and oxygen atoms in total. The molecule has 3 heteroatoms. The van der Waals surface area contributed by atoms with Crippen LogP contribution in [0.15, 0.2) is 54.7 Å². The summed E-state index contributed by atoms with van der Waals surface area (Å²) in [5.41, 5.74) is 3.81. The number of carbonyl (C=O) groups excluding carboxylic acids is 1. The van der Waals surface area contributed by atoms with Crippen LogP contribution in [0.3, 0.4) is 0 Å². The van der Waals surface area contributed by atoms with Crippen LogP contribution in [0.5, 0.6) is 0 Å². The molecule has 0 atom stereocenters. The molecule has 0 saturated carbocycles. The van der Waals surface area contributed by atoms with Crippen molar-refractivity contribution in [2.24, 2.45) is 0 Å². The van der Waals surface area contributed by atoms with Gasteiger partial charge in [-0.05, 0) is 47.5 Å². The summed E-state index contributed by atoms with van der Waals surface area (Å²) in [5, 5.41) is 2.10. The largest absolute Gasteiger partial charge is 0.465 e. The molecule has 0 aliphatic heterocycles. The highest BCUT2D eigenvalue weighted by Gasteiger charge is 2.07. The number of rotatable bonds is 2. The van der Waals surface area contributed by atoms with Gasteiger partial charge in [-0.2, -0.15) is 0 Å². The highest BCUT2D eigenvalue weighted by atomic mass is 16.5. The molecule has 2 aromatic carbocycles. The molecule has 3 rings (SSSR count). The number of esters is 1. The zero-order valence-corrected chi connectivity index (χ0v) is 12.0. The Bertz CT molecular complexity index is 824. The number of aryl methyl sites for hydroxylation is 1. The number of hydrogen-bond acceptors (Lipinski definition) is 3. The van der Waals surface area contributed by atoms with Gasteiger partial charge in [0.05, 0.1) is 12.7 Å². The number of pyridine rings is 1. The van der Waals surface area contributed by atoms with E-state index in [0.717, 1.165) is 27.6 Å². The molecular formula is C18H15NO2. The Balaban J connectivity index is 2.10. The van der Waals surface area contributed by atoms with Gasteiger partial charge in [-0.1, -0.05) is 24.3 Å². The lowest BCUT2D eigenvalue weighted by Gasteiger charge is -2.07. The summed E-state index contributed by atoms with van der Waals surface area (Å²) >= 11 is 0. The Kier molecular flexibility index (Phi) is 3.40. The van der Waals surface area contributed by atoms with Crippen LogP contribution < -0.4 is 0 Å². The molecule has 3 aromatic rings. The van der Waals surface area contributed by atoms with Crippen molar-refractivity contribution in [3.8, 4) is 11.1 Å². The van der Waals surface area contributed by atoms with Crippen molar-refractivity contribution >= 4 is 16.7 Å². The third-order valence-electron chi connectivity index (χ3n) is 3.58. The van der Waals surface area contributed by atoms with Gasteiger partial charge >= 0.3 is 5.97 Å². The molecule has 0 bridgehead atoms. The number of methoxy groups -OCH3 is 1. The van der Waals surface area contributed by atoms with Crippen molar-refractivity contribution < 1.29 is 9.53 Å². The molecule has 0 unspecified atom stereocenters. The molecule has 0 saturated heterocycles. The second-order valence-electron chi connectivity index (χ2n) is 4.90. The molecule has 1 aromatic heterocycles. The van der Waals surface area contributed by atoms with Gasteiger partial charge in [0.25, 0.3) is 0 Å². The molecule has 104 valence electrons. The first-order valence-corrected chi connectivity index (χ1v) is 6.73. The second kappa shape index (κ2) is 5.37. The number of benzene rings is 2. The van der Waals surface area contributed by atoms with E-state index in [2.05, 4.69) is 17.1 Å². The van der Waals surface area contributed by atoms with E-state index in [-0.39, 0.29) is 5.97 Å². The fraction of sp³-hybridized carbons (Fsp3) is 0.111. The molecular weight excluding hydrogens is 262 g/mol. The minimum atomic E-state index is -0.316. The predicted octanol–water partition coefficient (Wildman–Crippen LogP) is 4.00. The number of aromatic nitrogens is 1. The maximum absolute atomic E-state index is 11.6. The number of fused-ring (bicyclic) bond motifs is 1. The van der Waals surface area contributed by atoms with Crippen LogP contribution in [0.4, 0.5) is 0 Å². The van der Waals surface area contributed by atoms with E-state index in [0.29, 0.717) is 5.56 Å². The topological polar surface area (TPSA) is 39.2 Å². The van der Waals surface area contributed by atoms with Crippen LogP contribution >= 0.6 is 0 Å². The lowest BCUT2D eigenvalue weighted by atomic mass is 9.99. The first-order valence-electron chi connectivity index (χ1n) is 6.73. The summed E-state index contributed by atoms with van der Waals surface area (Å²) in [6.07, 6.45) is 1.79. The SMILES string of the molecule is COC(=O)c1ccc2cc(-c3cccnc3C)ccc2c1. The van der Waals surface area contributed by atoms with E-state index in [1.807, 2.05) is 37.3 Å². The van der Waals surface area contributed by atoms with Crippen molar-refractivity contribution in [3.63, 3.8) is 0 Å². The van der Waals surface area contributed by atoms with E-state index in [1.54, 1.807) is 12.3 Å². The number of nitrogens with zero attached hydrogens (tertiary/aromatic N) is 1. The van der Waals surface area contributed by atoms with Crippen LogP contribution in [-0.2, 0) is 4.74 Å². The van der Waals surface area contributed by atoms with Crippen LogP contribution in [0.2, 0.25) is 0 Å². The van der Waals surface area contributed by atoms with Crippen molar-refractivity contribution in [2.45, 2.75) is 6.92 Å². The molecule has 1 heterocycles. The summed E-state index contributed by atoms with van der Waals surface area (Å²) in [6, 6.07) is 15.8. The molecule has 0 N–H and O–H groups in total. The van der Waals surface area contributed by atoms with Gasteiger partial charge in [0.15, 0.2) is 0 Å². The lowest BCUT2D eigenvalue weighted by Crippen LogP contribution is -2.00. The van der Waals surface area contributed by atoms with Gasteiger partial charge in [-0.25, -0.2) is 4.79 Å². The smallest absolute Gasteiger partial charge is 0.337 e. The summed E-state index contributed by atoms with van der Waals surface area (Å²) in [5.74, 6) is -0.316. The van der Waals surface area contributed by atoms with E-state index in [1.165, 1.54) is 7.11 Å². The monoisotopic (exact) mass is 277 g/mol. The Morgan fingerprint density at radius 3 is 2.57 bits per heavy atom. The fourth-order valence-electron chi connectivity index (χ4n) is 2.45. The Labute approximate surface area is 123 Å². The third kappa shape index (κ3) is 2.50. The lowest BCUT2D eigenvalue weighted by molar-refractivity contribution is 0.0601. The van der Waals surface area contributed by atoms with Crippen molar-refractivity contribution in [2.75, 3.05) is 7.11 Å². The van der Waals surface area contributed by atoms with Crippen LogP contribution in [-0.4, -0.2) is 18.1 Å². The Morgan fingerprint density at radius 2 is 1.81 bits per heavy atom. The van der Waals surface area contributed by atoms with Gasteiger partial charge in [0, 0.05) is 17.5 Å². The highest BCUT2D eigenvalue weighted by molar-refractivity contribution is 5.96. The average molecular weight is 277 g/mol. The summed E-state index contributed by atoms with van der Waals surface area (Å²) in [7, 11) is 1.39. The highest BCUT2D eigenvalue weighted by Crippen LogP contribution is 2.26. The molecule has 0 aliphatic rings. The Morgan fingerprint density at radius 1 is 1.05 bits per heavy atom. The van der Waals surface area contributed by atoms with Gasteiger partial charge in [0.2, 0.25) is 0 Å². The first kappa shape index (κ1) is 13.3. The van der Waals surface area contributed by atoms with Crippen molar-refractivity contribution in [1.82, 2.24) is 4.98 Å². The zero-order valence-electron chi connectivity index (χ0n) is 12.0. The minimum Gasteiger partial charge on any atom is -0.465 e. The van der Waals surface area contributed by atoms with E-state index < -0.39 is 0 Å². The quantitative estimate of drug-likeness (QED) is 0.665. The summed E-state index contributed by atoms with van der Waals surface area (Å²) < 4.78 is 4.75. The Hall–Kier alpha value is -2.68. The molecule has 21 heavy (non-hydrogen) atoms. The third-order valence-corrected chi connectivity index (χ3v) is 3.58.